The lowest BCUT2D eigenvalue weighted by atomic mass is 10.2. The molecule has 0 spiro atoms. The Morgan fingerprint density at radius 2 is 1.85 bits per heavy atom. The van der Waals surface area contributed by atoms with Crippen molar-refractivity contribution in [3.8, 4) is 17.2 Å². The average Bonchev–Trinajstić information content (AvgIpc) is 2.80. The number of non-ortho nitro benzene ring substituents is 1. The smallest absolute Gasteiger partial charge is 0.336 e. The molecule has 0 radical (unpaired) electrons. The van der Waals surface area contributed by atoms with Crippen LogP contribution in [0.1, 0.15) is 11.1 Å². The fourth-order valence-electron chi connectivity index (χ4n) is 3.09. The Hall–Kier alpha value is -4.72. The first kappa shape index (κ1) is 21.5. The molecule has 8 heteroatoms. The zero-order valence-corrected chi connectivity index (χ0v) is 17.4. The van der Waals surface area contributed by atoms with Gasteiger partial charge >= 0.3 is 5.97 Å². The minimum absolute atomic E-state index is 0.0396. The number of ether oxygens (including phenoxy) is 2. The molecule has 0 aliphatic carbocycles. The number of aryl methyl sites for hydroxylation is 1. The molecule has 0 aliphatic heterocycles. The molecule has 0 saturated carbocycles. The molecular formula is C25H17NO7. The third-order valence-corrected chi connectivity index (χ3v) is 4.64. The predicted octanol–water partition coefficient (Wildman–Crippen LogP) is 5.42. The van der Waals surface area contributed by atoms with Gasteiger partial charge in [0.1, 0.15) is 23.3 Å². The summed E-state index contributed by atoms with van der Waals surface area (Å²) in [7, 11) is 0. The van der Waals surface area contributed by atoms with E-state index in [0.717, 1.165) is 11.6 Å². The van der Waals surface area contributed by atoms with Gasteiger partial charge in [0.15, 0.2) is 0 Å². The van der Waals surface area contributed by atoms with E-state index in [4.69, 9.17) is 13.9 Å². The van der Waals surface area contributed by atoms with E-state index in [1.165, 1.54) is 48.7 Å². The molecule has 164 valence electrons. The van der Waals surface area contributed by atoms with E-state index in [2.05, 4.69) is 0 Å². The number of nitrogens with zero attached hydrogens (tertiary/aromatic N) is 1. The Morgan fingerprint density at radius 1 is 1.03 bits per heavy atom. The summed E-state index contributed by atoms with van der Waals surface area (Å²) in [6.45, 7) is 1.91. The van der Waals surface area contributed by atoms with Crippen LogP contribution in [0, 0.1) is 17.0 Å². The van der Waals surface area contributed by atoms with Crippen molar-refractivity contribution in [2.75, 3.05) is 0 Å². The summed E-state index contributed by atoms with van der Waals surface area (Å²) >= 11 is 0. The standard InChI is InChI=1S/C25H17NO7/c1-16-4-2-7-19(12-16)32-23-15-31-22-14-20(9-10-21(22)25(23)28)33-24(27)11-8-17-5-3-6-18(13-17)26(29)30/h2-15H,1H3. The molecule has 0 amide bonds. The lowest BCUT2D eigenvalue weighted by Gasteiger charge is -2.07. The van der Waals surface area contributed by atoms with Gasteiger partial charge < -0.3 is 13.9 Å². The number of benzene rings is 3. The van der Waals surface area contributed by atoms with E-state index in [1.807, 2.05) is 19.1 Å². The van der Waals surface area contributed by atoms with Crippen LogP contribution in [-0.4, -0.2) is 10.9 Å². The normalized spacial score (nSPS) is 10.9. The number of hydrogen-bond donors (Lipinski definition) is 0. The van der Waals surface area contributed by atoms with Crippen LogP contribution in [0.15, 0.2) is 88.3 Å². The number of esters is 1. The van der Waals surface area contributed by atoms with Gasteiger partial charge in [0.2, 0.25) is 11.2 Å². The lowest BCUT2D eigenvalue weighted by molar-refractivity contribution is -0.384. The van der Waals surface area contributed by atoms with E-state index in [1.54, 1.807) is 18.2 Å². The molecular weight excluding hydrogens is 426 g/mol. The molecule has 0 fully saturated rings. The van der Waals surface area contributed by atoms with Crippen molar-refractivity contribution < 1.29 is 23.6 Å². The van der Waals surface area contributed by atoms with Gasteiger partial charge in [-0.2, -0.15) is 0 Å². The van der Waals surface area contributed by atoms with Crippen LogP contribution in [0.3, 0.4) is 0 Å². The molecule has 1 heterocycles. The van der Waals surface area contributed by atoms with Crippen LogP contribution in [0.5, 0.6) is 17.2 Å². The van der Waals surface area contributed by atoms with E-state index < -0.39 is 10.9 Å². The van der Waals surface area contributed by atoms with Crippen LogP contribution in [-0.2, 0) is 4.79 Å². The van der Waals surface area contributed by atoms with E-state index in [9.17, 15) is 19.7 Å². The second-order valence-corrected chi connectivity index (χ2v) is 7.11. The first-order chi connectivity index (χ1) is 15.9. The van der Waals surface area contributed by atoms with Gasteiger partial charge in [-0.1, -0.05) is 24.3 Å². The molecule has 8 nitrogen and oxygen atoms in total. The molecule has 0 aliphatic rings. The SMILES string of the molecule is Cc1cccc(Oc2coc3cc(OC(=O)C=Cc4cccc([N+](=O)[O-])c4)ccc3c2=O)c1. The number of hydrogen-bond acceptors (Lipinski definition) is 7. The first-order valence-corrected chi connectivity index (χ1v) is 9.83. The molecule has 0 unspecified atom stereocenters. The number of carbonyl (C=O) groups excluding carboxylic acids is 1. The van der Waals surface area contributed by atoms with Gasteiger partial charge in [-0.05, 0) is 48.4 Å². The molecule has 4 rings (SSSR count). The van der Waals surface area contributed by atoms with Gasteiger partial charge in [-0.3, -0.25) is 14.9 Å². The summed E-state index contributed by atoms with van der Waals surface area (Å²) in [5, 5.41) is 11.1. The molecule has 3 aromatic carbocycles. The van der Waals surface area contributed by atoms with Crippen molar-refractivity contribution in [2.45, 2.75) is 6.92 Å². The topological polar surface area (TPSA) is 109 Å². The van der Waals surface area contributed by atoms with Crippen molar-refractivity contribution in [3.63, 3.8) is 0 Å². The van der Waals surface area contributed by atoms with Gasteiger partial charge in [-0.15, -0.1) is 0 Å². The number of rotatable bonds is 6. The number of nitro groups is 1. The molecule has 0 saturated heterocycles. The zero-order chi connectivity index (χ0) is 23.4. The van der Waals surface area contributed by atoms with Gasteiger partial charge in [0.05, 0.1) is 10.3 Å². The number of fused-ring (bicyclic) bond motifs is 1. The minimum atomic E-state index is -0.692. The second kappa shape index (κ2) is 9.19. The number of carbonyl (C=O) groups is 1. The zero-order valence-electron chi connectivity index (χ0n) is 17.4. The largest absolute Gasteiger partial charge is 0.460 e. The molecule has 4 aromatic rings. The van der Waals surface area contributed by atoms with Crippen molar-refractivity contribution in [2.24, 2.45) is 0 Å². The Labute approximate surface area is 187 Å². The third-order valence-electron chi connectivity index (χ3n) is 4.64. The maximum Gasteiger partial charge on any atom is 0.336 e. The molecule has 0 atom stereocenters. The summed E-state index contributed by atoms with van der Waals surface area (Å²) in [6, 6.07) is 17.5. The molecule has 1 aromatic heterocycles. The molecule has 0 bridgehead atoms. The monoisotopic (exact) mass is 443 g/mol. The van der Waals surface area contributed by atoms with Crippen LogP contribution in [0.25, 0.3) is 17.0 Å². The fourth-order valence-corrected chi connectivity index (χ4v) is 3.09. The average molecular weight is 443 g/mol. The highest BCUT2D eigenvalue weighted by molar-refractivity contribution is 5.89. The van der Waals surface area contributed by atoms with Crippen molar-refractivity contribution in [1.82, 2.24) is 0 Å². The quantitative estimate of drug-likeness (QED) is 0.129. The van der Waals surface area contributed by atoms with Crippen LogP contribution in [0.2, 0.25) is 0 Å². The highest BCUT2D eigenvalue weighted by Gasteiger charge is 2.12. The Kier molecular flexibility index (Phi) is 5.99. The highest BCUT2D eigenvalue weighted by atomic mass is 16.6. The second-order valence-electron chi connectivity index (χ2n) is 7.11. The van der Waals surface area contributed by atoms with Gasteiger partial charge in [0, 0.05) is 24.3 Å². The lowest BCUT2D eigenvalue weighted by Crippen LogP contribution is -2.06. The van der Waals surface area contributed by atoms with Crippen LogP contribution < -0.4 is 14.9 Å². The summed E-state index contributed by atoms with van der Waals surface area (Å²) in [6.07, 6.45) is 3.77. The van der Waals surface area contributed by atoms with Gasteiger partial charge in [0.25, 0.3) is 5.69 Å². The third kappa shape index (κ3) is 5.13. The summed E-state index contributed by atoms with van der Waals surface area (Å²) < 4.78 is 16.4. The fraction of sp³-hybridized carbons (Fsp3) is 0.0400. The summed E-state index contributed by atoms with van der Waals surface area (Å²) in [4.78, 5) is 35.2. The maximum absolute atomic E-state index is 12.7. The Balaban J connectivity index is 1.50. The van der Waals surface area contributed by atoms with Crippen molar-refractivity contribution in [1.29, 1.82) is 0 Å². The summed E-state index contributed by atoms with van der Waals surface area (Å²) in [5.41, 5.74) is 1.25. The first-order valence-electron chi connectivity index (χ1n) is 9.83. The highest BCUT2D eigenvalue weighted by Crippen LogP contribution is 2.24. The Bertz CT molecular complexity index is 1450. The summed E-state index contributed by atoms with van der Waals surface area (Å²) in [5.74, 6) is 0.0368. The Morgan fingerprint density at radius 3 is 2.64 bits per heavy atom. The number of nitro benzene ring substituents is 1. The molecule has 0 N–H and O–H groups in total. The van der Waals surface area contributed by atoms with Crippen LogP contribution in [0.4, 0.5) is 5.69 Å². The van der Waals surface area contributed by atoms with Crippen molar-refractivity contribution in [3.05, 3.63) is 111 Å². The van der Waals surface area contributed by atoms with Crippen molar-refractivity contribution >= 4 is 28.7 Å². The van der Waals surface area contributed by atoms with E-state index >= 15 is 0 Å². The van der Waals surface area contributed by atoms with Gasteiger partial charge in [-0.25, -0.2) is 4.79 Å². The molecule has 33 heavy (non-hydrogen) atoms. The maximum atomic E-state index is 12.7. The van der Waals surface area contributed by atoms with Crippen LogP contribution >= 0.6 is 0 Å². The minimum Gasteiger partial charge on any atom is -0.460 e. The predicted molar refractivity (Wildman–Crippen MR) is 122 cm³/mol. The van der Waals surface area contributed by atoms with E-state index in [-0.39, 0.29) is 33.6 Å². The van der Waals surface area contributed by atoms with E-state index in [0.29, 0.717) is 11.3 Å².